The van der Waals surface area contributed by atoms with Crippen molar-refractivity contribution in [3.8, 4) is 22.3 Å². The van der Waals surface area contributed by atoms with Gasteiger partial charge in [-0.3, -0.25) is 0 Å². The molecular weight excluding hydrogens is 480 g/mol. The molecule has 0 bridgehead atoms. The zero-order valence-corrected chi connectivity index (χ0v) is 17.8. The van der Waals surface area contributed by atoms with Gasteiger partial charge in [-0.25, -0.2) is 28.8 Å². The van der Waals surface area contributed by atoms with E-state index in [1.54, 1.807) is 0 Å². The summed E-state index contributed by atoms with van der Waals surface area (Å²) >= 11 is 0. The van der Waals surface area contributed by atoms with Crippen LogP contribution >= 0.6 is 0 Å². The van der Waals surface area contributed by atoms with E-state index in [-0.39, 0.29) is 22.3 Å². The molecular formula is C24H14O12. The average molecular weight is 494 g/mol. The van der Waals surface area contributed by atoms with Crippen LogP contribution in [0, 0.1) is 0 Å². The normalized spacial score (nSPS) is 10.4. The Labute approximate surface area is 199 Å². The Balaban J connectivity index is 2.42. The fourth-order valence-corrected chi connectivity index (χ4v) is 3.49. The lowest BCUT2D eigenvalue weighted by Crippen LogP contribution is -2.09. The number of rotatable bonds is 8. The molecule has 0 spiro atoms. The molecule has 0 aliphatic heterocycles. The number of aromatic carboxylic acids is 6. The highest BCUT2D eigenvalue weighted by molar-refractivity contribution is 6.06. The van der Waals surface area contributed by atoms with Crippen molar-refractivity contribution in [2.24, 2.45) is 0 Å². The average Bonchev–Trinajstić information content (AvgIpc) is 2.82. The third-order valence-corrected chi connectivity index (χ3v) is 5.09. The van der Waals surface area contributed by atoms with Crippen molar-refractivity contribution in [2.45, 2.75) is 0 Å². The van der Waals surface area contributed by atoms with Gasteiger partial charge < -0.3 is 30.6 Å². The Hall–Kier alpha value is -5.52. The summed E-state index contributed by atoms with van der Waals surface area (Å²) in [5.41, 5.74) is -4.24. The maximum atomic E-state index is 12.1. The van der Waals surface area contributed by atoms with Gasteiger partial charge >= 0.3 is 35.8 Å². The standard InChI is InChI=1S/C24H14O12/c25-19(26)11-1-9(2-12(5-11)20(27)28)15-7-18(24(35)36)16(8-17(15)23(33)34)10-3-13(21(29)30)6-14(4-10)22(31)32/h1-8H,(H,25,26)(H,27,28)(H,29,30)(H,31,32)(H,33,34)(H,35,36). The monoisotopic (exact) mass is 494 g/mol. The largest absolute Gasteiger partial charge is 0.478 e. The van der Waals surface area contributed by atoms with Crippen molar-refractivity contribution >= 4 is 35.8 Å². The van der Waals surface area contributed by atoms with Gasteiger partial charge in [0.1, 0.15) is 0 Å². The van der Waals surface area contributed by atoms with E-state index in [9.17, 15) is 59.4 Å². The molecule has 0 amide bonds. The summed E-state index contributed by atoms with van der Waals surface area (Å²) in [5.74, 6) is -9.27. The number of hydrogen-bond donors (Lipinski definition) is 6. The van der Waals surface area contributed by atoms with E-state index in [1.165, 1.54) is 0 Å². The van der Waals surface area contributed by atoms with E-state index in [0.29, 0.717) is 0 Å². The minimum absolute atomic E-state index is 0.218. The van der Waals surface area contributed by atoms with Crippen LogP contribution in [0.25, 0.3) is 22.3 Å². The third-order valence-electron chi connectivity index (χ3n) is 5.09. The lowest BCUT2D eigenvalue weighted by molar-refractivity contribution is 0.0676. The summed E-state index contributed by atoms with van der Waals surface area (Å²) < 4.78 is 0. The van der Waals surface area contributed by atoms with E-state index in [4.69, 9.17) is 0 Å². The van der Waals surface area contributed by atoms with Gasteiger partial charge in [-0.1, -0.05) is 0 Å². The molecule has 3 rings (SSSR count). The number of benzene rings is 3. The molecule has 12 heteroatoms. The molecule has 0 heterocycles. The number of hydrogen-bond acceptors (Lipinski definition) is 6. The third kappa shape index (κ3) is 4.87. The van der Waals surface area contributed by atoms with Gasteiger partial charge in [0.25, 0.3) is 0 Å². The zero-order chi connectivity index (χ0) is 26.9. The predicted molar refractivity (Wildman–Crippen MR) is 119 cm³/mol. The Kier molecular flexibility index (Phi) is 6.54. The number of carboxylic acid groups (broad SMARTS) is 6. The molecule has 182 valence electrons. The second-order valence-electron chi connectivity index (χ2n) is 7.37. The fraction of sp³-hybridized carbons (Fsp3) is 0. The van der Waals surface area contributed by atoms with Crippen LogP contribution < -0.4 is 0 Å². The van der Waals surface area contributed by atoms with Crippen LogP contribution in [0.3, 0.4) is 0 Å². The molecule has 6 N–H and O–H groups in total. The molecule has 0 unspecified atom stereocenters. The molecule has 3 aromatic rings. The lowest BCUT2D eigenvalue weighted by Gasteiger charge is -2.15. The van der Waals surface area contributed by atoms with Crippen molar-refractivity contribution in [3.05, 3.63) is 81.9 Å². The molecule has 0 aliphatic rings. The number of carboxylic acids is 6. The SMILES string of the molecule is O=C(O)c1cc(C(=O)O)cc(-c2cc(C(=O)O)c(-c3cc(C(=O)O)cc(C(=O)O)c3)cc2C(=O)O)c1. The maximum Gasteiger partial charge on any atom is 0.336 e. The van der Waals surface area contributed by atoms with Gasteiger partial charge in [-0.05, 0) is 70.8 Å². The van der Waals surface area contributed by atoms with Crippen molar-refractivity contribution in [2.75, 3.05) is 0 Å². The first kappa shape index (κ1) is 25.1. The maximum absolute atomic E-state index is 12.1. The second kappa shape index (κ2) is 9.38. The van der Waals surface area contributed by atoms with Crippen molar-refractivity contribution in [1.29, 1.82) is 0 Å². The summed E-state index contributed by atoms with van der Waals surface area (Å²) in [5, 5.41) is 56.9. The molecule has 0 fully saturated rings. The van der Waals surface area contributed by atoms with Gasteiger partial charge in [-0.2, -0.15) is 0 Å². The van der Waals surface area contributed by atoms with Gasteiger partial charge in [-0.15, -0.1) is 0 Å². The summed E-state index contributed by atoms with van der Waals surface area (Å²) in [7, 11) is 0. The van der Waals surface area contributed by atoms with Crippen molar-refractivity contribution in [1.82, 2.24) is 0 Å². The molecule has 0 saturated carbocycles. The summed E-state index contributed by atoms with van der Waals surface area (Å²) in [4.78, 5) is 70.0. The molecule has 0 atom stereocenters. The van der Waals surface area contributed by atoms with Crippen LogP contribution in [-0.2, 0) is 0 Å². The van der Waals surface area contributed by atoms with Crippen LogP contribution in [0.4, 0.5) is 0 Å². The quantitative estimate of drug-likeness (QED) is 0.265. The Morgan fingerprint density at radius 1 is 0.361 bits per heavy atom. The lowest BCUT2D eigenvalue weighted by atomic mass is 9.88. The highest BCUT2D eigenvalue weighted by atomic mass is 16.4. The number of carbonyl (C=O) groups is 6. The topological polar surface area (TPSA) is 224 Å². The van der Waals surface area contributed by atoms with Gasteiger partial charge in [0.05, 0.1) is 33.4 Å². The first-order valence-electron chi connectivity index (χ1n) is 9.69. The second-order valence-corrected chi connectivity index (χ2v) is 7.37. The van der Waals surface area contributed by atoms with Gasteiger partial charge in [0.2, 0.25) is 0 Å². The minimum atomic E-state index is -1.60. The van der Waals surface area contributed by atoms with E-state index in [0.717, 1.165) is 48.5 Å². The zero-order valence-electron chi connectivity index (χ0n) is 17.8. The Bertz CT molecular complexity index is 1320. The Morgan fingerprint density at radius 2 is 0.611 bits per heavy atom. The Morgan fingerprint density at radius 3 is 0.806 bits per heavy atom. The minimum Gasteiger partial charge on any atom is -0.478 e. The highest BCUT2D eigenvalue weighted by Crippen LogP contribution is 2.35. The molecule has 3 aromatic carbocycles. The van der Waals surface area contributed by atoms with E-state index < -0.39 is 69.2 Å². The predicted octanol–water partition coefficient (Wildman–Crippen LogP) is 3.21. The van der Waals surface area contributed by atoms with Crippen LogP contribution in [-0.4, -0.2) is 66.5 Å². The first-order valence-corrected chi connectivity index (χ1v) is 9.69. The van der Waals surface area contributed by atoms with E-state index >= 15 is 0 Å². The summed E-state index contributed by atoms with van der Waals surface area (Å²) in [6.07, 6.45) is 0. The van der Waals surface area contributed by atoms with E-state index in [1.807, 2.05) is 0 Å². The highest BCUT2D eigenvalue weighted by Gasteiger charge is 2.24. The molecule has 0 saturated heterocycles. The first-order chi connectivity index (χ1) is 16.8. The molecule has 36 heavy (non-hydrogen) atoms. The van der Waals surface area contributed by atoms with Crippen LogP contribution in [0.1, 0.15) is 62.1 Å². The smallest absolute Gasteiger partial charge is 0.336 e. The van der Waals surface area contributed by atoms with Crippen LogP contribution in [0.5, 0.6) is 0 Å². The fourth-order valence-electron chi connectivity index (χ4n) is 3.49. The molecule has 0 radical (unpaired) electrons. The van der Waals surface area contributed by atoms with Crippen LogP contribution in [0.2, 0.25) is 0 Å². The van der Waals surface area contributed by atoms with Crippen molar-refractivity contribution in [3.63, 3.8) is 0 Å². The molecule has 0 aliphatic carbocycles. The molecule has 0 aromatic heterocycles. The van der Waals surface area contributed by atoms with Crippen molar-refractivity contribution < 1.29 is 59.4 Å². The molecule has 12 nitrogen and oxygen atoms in total. The van der Waals surface area contributed by atoms with E-state index in [2.05, 4.69) is 0 Å². The van der Waals surface area contributed by atoms with Gasteiger partial charge in [0, 0.05) is 0 Å². The van der Waals surface area contributed by atoms with Crippen LogP contribution in [0.15, 0.2) is 48.5 Å². The summed E-state index contributed by atoms with van der Waals surface area (Å²) in [6.45, 7) is 0. The van der Waals surface area contributed by atoms with Gasteiger partial charge in [0.15, 0.2) is 0 Å². The summed E-state index contributed by atoms with van der Waals surface area (Å²) in [6, 6.07) is 7.27.